The highest BCUT2D eigenvalue weighted by Gasteiger charge is 2.16. The summed E-state index contributed by atoms with van der Waals surface area (Å²) in [5, 5.41) is 13.3. The van der Waals surface area contributed by atoms with E-state index in [1.165, 1.54) is 0 Å². The van der Waals surface area contributed by atoms with Crippen molar-refractivity contribution in [3.63, 3.8) is 0 Å². The van der Waals surface area contributed by atoms with Crippen LogP contribution in [0.2, 0.25) is 0 Å². The van der Waals surface area contributed by atoms with Crippen molar-refractivity contribution >= 4 is 27.3 Å². The van der Waals surface area contributed by atoms with Gasteiger partial charge in [0.2, 0.25) is 15.9 Å². The molecule has 2 aromatic rings. The highest BCUT2D eigenvalue weighted by atomic mass is 32.2. The highest BCUT2D eigenvalue weighted by Crippen LogP contribution is 2.15. The molecule has 0 saturated carbocycles. The number of sulfonamides is 1. The van der Waals surface area contributed by atoms with Crippen LogP contribution in [-0.4, -0.2) is 25.8 Å². The van der Waals surface area contributed by atoms with Crippen LogP contribution in [0.15, 0.2) is 53.4 Å². The summed E-state index contributed by atoms with van der Waals surface area (Å²) < 4.78 is 26.5. The van der Waals surface area contributed by atoms with Crippen molar-refractivity contribution in [2.45, 2.75) is 24.7 Å². The molecular weight excluding hydrogens is 358 g/mol. The number of hydrogen-bond acceptors (Lipinski definition) is 5. The standard InChI is InChI=1S/C17H19N3O5S/c1-2-13-3-5-14(6-4-13)19-17(21)11-12-18-26(24,25)16-9-7-15(8-10-16)20(22)23/h3-10,18H,2,11-12H2,1H3,(H,19,21). The van der Waals surface area contributed by atoms with E-state index in [0.29, 0.717) is 5.69 Å². The number of rotatable bonds is 8. The van der Waals surface area contributed by atoms with Crippen LogP contribution in [0.25, 0.3) is 0 Å². The smallest absolute Gasteiger partial charge is 0.269 e. The van der Waals surface area contributed by atoms with Crippen LogP contribution < -0.4 is 10.0 Å². The predicted octanol–water partition coefficient (Wildman–Crippen LogP) is 2.46. The highest BCUT2D eigenvalue weighted by molar-refractivity contribution is 7.89. The second-order valence-electron chi connectivity index (χ2n) is 5.50. The molecular formula is C17H19N3O5S. The molecule has 0 aliphatic heterocycles. The van der Waals surface area contributed by atoms with Crippen LogP contribution in [-0.2, 0) is 21.2 Å². The number of carbonyl (C=O) groups is 1. The van der Waals surface area contributed by atoms with E-state index in [9.17, 15) is 23.3 Å². The number of aryl methyl sites for hydroxylation is 1. The molecule has 0 aliphatic carbocycles. The van der Waals surface area contributed by atoms with Crippen molar-refractivity contribution in [3.05, 3.63) is 64.2 Å². The van der Waals surface area contributed by atoms with E-state index in [0.717, 1.165) is 36.2 Å². The third-order valence-electron chi connectivity index (χ3n) is 3.65. The molecule has 8 nitrogen and oxygen atoms in total. The van der Waals surface area contributed by atoms with Gasteiger partial charge in [-0.1, -0.05) is 19.1 Å². The lowest BCUT2D eigenvalue weighted by molar-refractivity contribution is -0.384. The second kappa shape index (κ2) is 8.54. The zero-order valence-electron chi connectivity index (χ0n) is 14.1. The van der Waals surface area contributed by atoms with Crippen molar-refractivity contribution in [1.29, 1.82) is 0 Å². The molecule has 0 fully saturated rings. The number of nitro groups is 1. The summed E-state index contributed by atoms with van der Waals surface area (Å²) >= 11 is 0. The Bertz CT molecular complexity index is 878. The minimum atomic E-state index is -3.83. The molecule has 138 valence electrons. The Morgan fingerprint density at radius 2 is 1.69 bits per heavy atom. The van der Waals surface area contributed by atoms with Gasteiger partial charge < -0.3 is 5.32 Å². The summed E-state index contributed by atoms with van der Waals surface area (Å²) in [4.78, 5) is 21.8. The fraction of sp³-hybridized carbons (Fsp3) is 0.235. The maximum absolute atomic E-state index is 12.1. The third kappa shape index (κ3) is 5.36. The van der Waals surface area contributed by atoms with Crippen molar-refractivity contribution < 1.29 is 18.1 Å². The largest absolute Gasteiger partial charge is 0.326 e. The molecule has 2 aromatic carbocycles. The molecule has 2 N–H and O–H groups in total. The van der Waals surface area contributed by atoms with Gasteiger partial charge in [0.05, 0.1) is 9.82 Å². The van der Waals surface area contributed by atoms with E-state index in [2.05, 4.69) is 10.0 Å². The normalized spacial score (nSPS) is 11.1. The molecule has 0 bridgehead atoms. The number of nitrogens with one attached hydrogen (secondary N) is 2. The van der Waals surface area contributed by atoms with Gasteiger partial charge in [0.15, 0.2) is 0 Å². The first-order valence-corrected chi connectivity index (χ1v) is 9.43. The number of anilines is 1. The molecule has 0 saturated heterocycles. The minimum Gasteiger partial charge on any atom is -0.326 e. The lowest BCUT2D eigenvalue weighted by Gasteiger charge is -2.08. The molecule has 0 spiro atoms. The van der Waals surface area contributed by atoms with E-state index in [1.54, 1.807) is 12.1 Å². The number of non-ortho nitro benzene ring substituents is 1. The van der Waals surface area contributed by atoms with E-state index >= 15 is 0 Å². The van der Waals surface area contributed by atoms with Crippen LogP contribution in [0, 0.1) is 10.1 Å². The fourth-order valence-corrected chi connectivity index (χ4v) is 3.21. The first-order valence-electron chi connectivity index (χ1n) is 7.94. The van der Waals surface area contributed by atoms with Gasteiger partial charge in [-0.05, 0) is 36.2 Å². The number of carbonyl (C=O) groups excluding carboxylic acids is 1. The van der Waals surface area contributed by atoms with Crippen molar-refractivity contribution in [1.82, 2.24) is 4.72 Å². The molecule has 0 unspecified atom stereocenters. The summed E-state index contributed by atoms with van der Waals surface area (Å²) in [5.74, 6) is -0.319. The van der Waals surface area contributed by atoms with Gasteiger partial charge in [-0.25, -0.2) is 13.1 Å². The zero-order chi connectivity index (χ0) is 19.2. The van der Waals surface area contributed by atoms with E-state index in [-0.39, 0.29) is 29.5 Å². The predicted molar refractivity (Wildman–Crippen MR) is 97.4 cm³/mol. The summed E-state index contributed by atoms with van der Waals surface area (Å²) in [6.07, 6.45) is 0.861. The molecule has 0 heterocycles. The monoisotopic (exact) mass is 377 g/mol. The maximum Gasteiger partial charge on any atom is 0.269 e. The number of nitro benzene ring substituents is 1. The average Bonchev–Trinajstić information content (AvgIpc) is 2.62. The molecule has 26 heavy (non-hydrogen) atoms. The Morgan fingerprint density at radius 1 is 1.08 bits per heavy atom. The van der Waals surface area contributed by atoms with Crippen LogP contribution >= 0.6 is 0 Å². The van der Waals surface area contributed by atoms with E-state index < -0.39 is 14.9 Å². The summed E-state index contributed by atoms with van der Waals surface area (Å²) in [5.41, 5.74) is 1.60. The van der Waals surface area contributed by atoms with Gasteiger partial charge in [0.1, 0.15) is 0 Å². The van der Waals surface area contributed by atoms with Crippen molar-refractivity contribution in [3.8, 4) is 0 Å². The molecule has 9 heteroatoms. The maximum atomic E-state index is 12.1. The average molecular weight is 377 g/mol. The van der Waals surface area contributed by atoms with Gasteiger partial charge >= 0.3 is 0 Å². The lowest BCUT2D eigenvalue weighted by Crippen LogP contribution is -2.27. The zero-order valence-corrected chi connectivity index (χ0v) is 15.0. The van der Waals surface area contributed by atoms with E-state index in [1.807, 2.05) is 19.1 Å². The number of amides is 1. The van der Waals surface area contributed by atoms with Gasteiger partial charge in [-0.15, -0.1) is 0 Å². The van der Waals surface area contributed by atoms with E-state index in [4.69, 9.17) is 0 Å². The third-order valence-corrected chi connectivity index (χ3v) is 5.12. The van der Waals surface area contributed by atoms with Crippen molar-refractivity contribution in [2.24, 2.45) is 0 Å². The molecule has 0 aliphatic rings. The van der Waals surface area contributed by atoms with Gasteiger partial charge in [0, 0.05) is 30.8 Å². The van der Waals surface area contributed by atoms with Crippen LogP contribution in [0.5, 0.6) is 0 Å². The Morgan fingerprint density at radius 3 is 2.23 bits per heavy atom. The molecule has 2 rings (SSSR count). The topological polar surface area (TPSA) is 118 Å². The number of benzene rings is 2. The first kappa shape index (κ1) is 19.5. The Labute approximate surface area is 151 Å². The second-order valence-corrected chi connectivity index (χ2v) is 7.26. The summed E-state index contributed by atoms with van der Waals surface area (Å²) in [7, 11) is -3.83. The van der Waals surface area contributed by atoms with Crippen molar-refractivity contribution in [2.75, 3.05) is 11.9 Å². The Balaban J connectivity index is 1.86. The van der Waals surface area contributed by atoms with Crippen LogP contribution in [0.4, 0.5) is 11.4 Å². The minimum absolute atomic E-state index is 0.0399. The van der Waals surface area contributed by atoms with Crippen LogP contribution in [0.1, 0.15) is 18.9 Å². The fourth-order valence-electron chi connectivity index (χ4n) is 2.18. The van der Waals surface area contributed by atoms with Gasteiger partial charge in [-0.3, -0.25) is 14.9 Å². The molecule has 0 aromatic heterocycles. The quantitative estimate of drug-likeness (QED) is 0.541. The SMILES string of the molecule is CCc1ccc(NC(=O)CCNS(=O)(=O)c2ccc([N+](=O)[O-])cc2)cc1. The van der Waals surface area contributed by atoms with Crippen LogP contribution in [0.3, 0.4) is 0 Å². The summed E-state index contributed by atoms with van der Waals surface area (Å²) in [6.45, 7) is 1.95. The molecule has 1 amide bonds. The number of nitrogens with zero attached hydrogens (tertiary/aromatic N) is 1. The summed E-state index contributed by atoms with van der Waals surface area (Å²) in [6, 6.07) is 11.9. The lowest BCUT2D eigenvalue weighted by atomic mass is 10.1. The Kier molecular flexibility index (Phi) is 6.42. The Hall–Kier alpha value is -2.78. The first-order chi connectivity index (χ1) is 12.3. The molecule has 0 radical (unpaired) electrons. The van der Waals surface area contributed by atoms with Gasteiger partial charge in [0.25, 0.3) is 5.69 Å². The molecule has 0 atom stereocenters. The number of hydrogen-bond donors (Lipinski definition) is 2. The van der Waals surface area contributed by atoms with Gasteiger partial charge in [-0.2, -0.15) is 0 Å².